The first-order valence-corrected chi connectivity index (χ1v) is 9.26. The predicted octanol–water partition coefficient (Wildman–Crippen LogP) is 3.52. The van der Waals surface area contributed by atoms with Crippen LogP contribution in [0.15, 0.2) is 46.0 Å². The van der Waals surface area contributed by atoms with Crippen LogP contribution in [-0.4, -0.2) is 23.3 Å². The summed E-state index contributed by atoms with van der Waals surface area (Å²) in [6.45, 7) is 0. The molecule has 0 aliphatic carbocycles. The van der Waals surface area contributed by atoms with Crippen molar-refractivity contribution in [1.29, 1.82) is 0 Å². The van der Waals surface area contributed by atoms with Gasteiger partial charge in [0.15, 0.2) is 0 Å². The number of hydrazine groups is 1. The summed E-state index contributed by atoms with van der Waals surface area (Å²) in [4.78, 5) is 12.3. The number of nitrogens with one attached hydrogen (secondary N) is 3. The van der Waals surface area contributed by atoms with E-state index in [0.29, 0.717) is 22.0 Å². The molecule has 1 amide bonds. The molecule has 3 rings (SSSR count). The molecule has 2 aromatic carbocycles. The molecule has 26 heavy (non-hydrogen) atoms. The summed E-state index contributed by atoms with van der Waals surface area (Å²) in [7, 11) is 0. The van der Waals surface area contributed by atoms with Crippen LogP contribution in [0.4, 0.5) is 0 Å². The molecule has 2 unspecified atom stereocenters. The first-order valence-electron chi connectivity index (χ1n) is 7.71. The van der Waals surface area contributed by atoms with E-state index in [0.717, 1.165) is 10.0 Å². The molecule has 1 heterocycles. The van der Waals surface area contributed by atoms with E-state index in [1.165, 1.54) is 12.3 Å². The van der Waals surface area contributed by atoms with Gasteiger partial charge in [-0.2, -0.15) is 5.10 Å². The SMILES string of the molecule is O=C(N/N=C/c1cc(Br)ccc1O)C1CC(c2ccc(Cl)cc2Cl)NN1. The molecule has 1 aliphatic rings. The molecule has 2 atom stereocenters. The zero-order chi connectivity index (χ0) is 18.7. The number of hydrogen-bond donors (Lipinski definition) is 4. The van der Waals surface area contributed by atoms with E-state index in [2.05, 4.69) is 37.3 Å². The van der Waals surface area contributed by atoms with Gasteiger partial charge in [0, 0.05) is 26.1 Å². The van der Waals surface area contributed by atoms with Gasteiger partial charge in [-0.25, -0.2) is 16.3 Å². The van der Waals surface area contributed by atoms with E-state index >= 15 is 0 Å². The molecule has 4 N–H and O–H groups in total. The number of hydrogen-bond acceptors (Lipinski definition) is 5. The number of rotatable bonds is 4. The zero-order valence-corrected chi connectivity index (χ0v) is 16.4. The number of phenolic OH excluding ortho intramolecular Hbond substituents is 1. The molecular weight excluding hydrogens is 443 g/mol. The molecule has 136 valence electrons. The summed E-state index contributed by atoms with van der Waals surface area (Å²) in [6.07, 6.45) is 1.89. The van der Waals surface area contributed by atoms with Crippen LogP contribution in [0.25, 0.3) is 0 Å². The fraction of sp³-hybridized carbons (Fsp3) is 0.176. The van der Waals surface area contributed by atoms with Crippen LogP contribution in [0, 0.1) is 0 Å². The molecule has 0 saturated carbocycles. The van der Waals surface area contributed by atoms with Crippen molar-refractivity contribution in [3.8, 4) is 5.75 Å². The van der Waals surface area contributed by atoms with Crippen molar-refractivity contribution < 1.29 is 9.90 Å². The average Bonchev–Trinajstić information content (AvgIpc) is 3.07. The first kappa shape index (κ1) is 19.1. The van der Waals surface area contributed by atoms with Crippen molar-refractivity contribution in [2.75, 3.05) is 0 Å². The highest BCUT2D eigenvalue weighted by molar-refractivity contribution is 9.10. The van der Waals surface area contributed by atoms with Crippen molar-refractivity contribution in [2.24, 2.45) is 5.10 Å². The fourth-order valence-corrected chi connectivity index (χ4v) is 3.51. The standard InChI is InChI=1S/C17H15BrCl2N4O2/c18-10-1-4-16(25)9(5-10)8-21-24-17(26)15-7-14(22-23-15)12-3-2-11(19)6-13(12)20/h1-6,8,14-15,22-23,25H,7H2,(H,24,26)/b21-8+. The monoisotopic (exact) mass is 456 g/mol. The van der Waals surface area contributed by atoms with Crippen molar-refractivity contribution in [1.82, 2.24) is 16.3 Å². The van der Waals surface area contributed by atoms with Crippen LogP contribution in [0.3, 0.4) is 0 Å². The zero-order valence-electron chi connectivity index (χ0n) is 13.3. The summed E-state index contributed by atoms with van der Waals surface area (Å²) < 4.78 is 0.799. The van der Waals surface area contributed by atoms with Gasteiger partial charge in [-0.15, -0.1) is 0 Å². The smallest absolute Gasteiger partial charge is 0.258 e. The lowest BCUT2D eigenvalue weighted by atomic mass is 10.0. The van der Waals surface area contributed by atoms with Crippen LogP contribution < -0.4 is 16.3 Å². The Morgan fingerprint density at radius 3 is 2.85 bits per heavy atom. The number of halogens is 3. The second kappa shape index (κ2) is 8.37. The van der Waals surface area contributed by atoms with Gasteiger partial charge < -0.3 is 5.11 Å². The van der Waals surface area contributed by atoms with Crippen molar-refractivity contribution in [3.05, 3.63) is 62.0 Å². The van der Waals surface area contributed by atoms with Gasteiger partial charge in [0.05, 0.1) is 6.21 Å². The minimum atomic E-state index is -0.472. The number of nitrogens with zero attached hydrogens (tertiary/aromatic N) is 1. The average molecular weight is 458 g/mol. The number of carbonyl (C=O) groups is 1. The lowest BCUT2D eigenvalue weighted by molar-refractivity contribution is -0.122. The maximum Gasteiger partial charge on any atom is 0.258 e. The van der Waals surface area contributed by atoms with Gasteiger partial charge in [-0.3, -0.25) is 4.79 Å². The lowest BCUT2D eigenvalue weighted by Crippen LogP contribution is -2.41. The van der Waals surface area contributed by atoms with Crippen LogP contribution in [0.5, 0.6) is 5.75 Å². The van der Waals surface area contributed by atoms with Crippen molar-refractivity contribution >= 4 is 51.3 Å². The van der Waals surface area contributed by atoms with E-state index in [1.807, 2.05) is 6.07 Å². The van der Waals surface area contributed by atoms with E-state index in [1.54, 1.807) is 24.3 Å². The van der Waals surface area contributed by atoms with Gasteiger partial charge in [-0.05, 0) is 42.3 Å². The lowest BCUT2D eigenvalue weighted by Gasteiger charge is -2.11. The molecule has 6 nitrogen and oxygen atoms in total. The van der Waals surface area contributed by atoms with Crippen LogP contribution in [-0.2, 0) is 4.79 Å². The number of aromatic hydroxyl groups is 1. The van der Waals surface area contributed by atoms with E-state index in [9.17, 15) is 9.90 Å². The van der Waals surface area contributed by atoms with Gasteiger partial charge in [0.2, 0.25) is 0 Å². The largest absolute Gasteiger partial charge is 0.507 e. The summed E-state index contributed by atoms with van der Waals surface area (Å²) in [5.41, 5.74) is 9.80. The Morgan fingerprint density at radius 1 is 1.27 bits per heavy atom. The minimum absolute atomic E-state index is 0.0734. The third-order valence-corrected chi connectivity index (χ3v) is 4.98. The molecule has 2 aromatic rings. The summed E-state index contributed by atoms with van der Waals surface area (Å²) in [5.74, 6) is -0.222. The molecule has 0 bridgehead atoms. The second-order valence-corrected chi connectivity index (χ2v) is 7.49. The number of benzene rings is 2. The second-order valence-electron chi connectivity index (χ2n) is 5.73. The Kier molecular flexibility index (Phi) is 6.16. The first-order chi connectivity index (χ1) is 12.4. The van der Waals surface area contributed by atoms with Gasteiger partial charge in [0.25, 0.3) is 5.91 Å². The minimum Gasteiger partial charge on any atom is -0.507 e. The van der Waals surface area contributed by atoms with E-state index < -0.39 is 6.04 Å². The van der Waals surface area contributed by atoms with Crippen LogP contribution >= 0.6 is 39.1 Å². The molecular formula is C17H15BrCl2N4O2. The maximum atomic E-state index is 12.3. The number of hydrazone groups is 1. The normalized spacial score (nSPS) is 19.8. The van der Waals surface area contributed by atoms with Crippen LogP contribution in [0.2, 0.25) is 10.0 Å². The van der Waals surface area contributed by atoms with Gasteiger partial charge in [0.1, 0.15) is 11.8 Å². The third kappa shape index (κ3) is 4.55. The van der Waals surface area contributed by atoms with Gasteiger partial charge in [-0.1, -0.05) is 45.2 Å². The predicted molar refractivity (Wildman–Crippen MR) is 105 cm³/mol. The van der Waals surface area contributed by atoms with Crippen LogP contribution in [0.1, 0.15) is 23.6 Å². The maximum absolute atomic E-state index is 12.3. The molecule has 0 radical (unpaired) electrons. The Morgan fingerprint density at radius 2 is 2.08 bits per heavy atom. The van der Waals surface area contributed by atoms with E-state index in [4.69, 9.17) is 23.2 Å². The Labute approximate surface area is 168 Å². The Balaban J connectivity index is 1.59. The molecule has 1 aliphatic heterocycles. The summed E-state index contributed by atoms with van der Waals surface area (Å²) in [5, 5.41) is 14.7. The molecule has 1 saturated heterocycles. The number of amides is 1. The van der Waals surface area contributed by atoms with Crippen molar-refractivity contribution in [2.45, 2.75) is 18.5 Å². The molecule has 0 aromatic heterocycles. The fourth-order valence-electron chi connectivity index (χ4n) is 2.59. The third-order valence-electron chi connectivity index (χ3n) is 3.93. The summed E-state index contributed by atoms with van der Waals surface area (Å²) >= 11 is 15.4. The van der Waals surface area contributed by atoms with Crippen molar-refractivity contribution in [3.63, 3.8) is 0 Å². The highest BCUT2D eigenvalue weighted by Gasteiger charge is 2.31. The molecule has 0 spiro atoms. The summed E-state index contributed by atoms with van der Waals surface area (Å²) in [6, 6.07) is 9.61. The van der Waals surface area contributed by atoms with Gasteiger partial charge >= 0.3 is 0 Å². The quantitative estimate of drug-likeness (QED) is 0.418. The van der Waals surface area contributed by atoms with E-state index in [-0.39, 0.29) is 17.7 Å². The number of carbonyl (C=O) groups excluding carboxylic acids is 1. The molecule has 9 heteroatoms. The molecule has 1 fully saturated rings. The Bertz CT molecular complexity index is 863. The Hall–Kier alpha value is -1.64. The highest BCUT2D eigenvalue weighted by atomic mass is 79.9. The highest BCUT2D eigenvalue weighted by Crippen LogP contribution is 2.30. The number of phenols is 1. The topological polar surface area (TPSA) is 85.8 Å².